The number of amides is 1. The first-order chi connectivity index (χ1) is 16.2. The fourth-order valence-electron chi connectivity index (χ4n) is 5.34. The van der Waals surface area contributed by atoms with Gasteiger partial charge in [0, 0.05) is 42.3 Å². The molecule has 2 fully saturated rings. The van der Waals surface area contributed by atoms with E-state index in [1.807, 2.05) is 24.3 Å². The fraction of sp³-hybridized carbons (Fsp3) is 0.458. The number of thiophene rings is 1. The monoisotopic (exact) mass is 489 g/mol. The molecular formula is C24H26F3N5OS. The van der Waals surface area contributed by atoms with Crippen LogP contribution in [0.3, 0.4) is 0 Å². The van der Waals surface area contributed by atoms with Gasteiger partial charge in [-0.3, -0.25) is 4.79 Å². The van der Waals surface area contributed by atoms with E-state index in [0.29, 0.717) is 21.8 Å². The molecule has 1 aromatic carbocycles. The molecule has 0 radical (unpaired) electrons. The molecular weight excluding hydrogens is 463 g/mol. The van der Waals surface area contributed by atoms with E-state index < -0.39 is 12.6 Å². The zero-order valence-corrected chi connectivity index (χ0v) is 19.6. The van der Waals surface area contributed by atoms with Gasteiger partial charge in [-0.05, 0) is 61.4 Å². The molecule has 6 nitrogen and oxygen atoms in total. The van der Waals surface area contributed by atoms with Crippen LogP contribution in [-0.4, -0.2) is 48.2 Å². The maximum Gasteiger partial charge on any atom is 0.393 e. The molecule has 1 spiro atoms. The third kappa shape index (κ3) is 4.68. The van der Waals surface area contributed by atoms with Crippen LogP contribution in [-0.2, 0) is 6.42 Å². The lowest BCUT2D eigenvalue weighted by Crippen LogP contribution is -2.27. The predicted octanol–water partition coefficient (Wildman–Crippen LogP) is 5.02. The van der Waals surface area contributed by atoms with Gasteiger partial charge in [-0.25, -0.2) is 9.97 Å². The van der Waals surface area contributed by atoms with Crippen molar-refractivity contribution in [1.82, 2.24) is 15.3 Å². The number of carbonyl (C=O) groups is 1. The molecule has 2 N–H and O–H groups in total. The molecule has 5 rings (SSSR count). The van der Waals surface area contributed by atoms with Crippen LogP contribution in [0.15, 0.2) is 36.7 Å². The van der Waals surface area contributed by atoms with Crippen LogP contribution in [0.2, 0.25) is 0 Å². The molecule has 2 unspecified atom stereocenters. The highest BCUT2D eigenvalue weighted by molar-refractivity contribution is 7.18. The van der Waals surface area contributed by atoms with Gasteiger partial charge in [0.2, 0.25) is 0 Å². The Bertz CT molecular complexity index is 1200. The number of aromatic nitrogens is 2. The second kappa shape index (κ2) is 8.72. The molecule has 3 heterocycles. The van der Waals surface area contributed by atoms with Gasteiger partial charge in [0.1, 0.15) is 17.0 Å². The summed E-state index contributed by atoms with van der Waals surface area (Å²) in [5, 5.41) is 6.94. The second-order valence-corrected chi connectivity index (χ2v) is 10.4. The number of nitrogens with one attached hydrogen (secondary N) is 2. The Hall–Kier alpha value is -2.88. The van der Waals surface area contributed by atoms with E-state index in [1.165, 1.54) is 6.33 Å². The average molecular weight is 490 g/mol. The van der Waals surface area contributed by atoms with Gasteiger partial charge in [-0.2, -0.15) is 13.2 Å². The Labute approximate surface area is 199 Å². The van der Waals surface area contributed by atoms with Gasteiger partial charge < -0.3 is 15.5 Å². The molecule has 1 aliphatic heterocycles. The van der Waals surface area contributed by atoms with Crippen molar-refractivity contribution in [3.8, 4) is 0 Å². The SMILES string of the molecule is CNC(=O)c1ccc(NC2CCC3(CCN(c4ncnc5sc(CC(F)(F)F)cc45)C3)C2)cc1. The van der Waals surface area contributed by atoms with Crippen molar-refractivity contribution >= 4 is 39.0 Å². The minimum Gasteiger partial charge on any atom is -0.382 e. The van der Waals surface area contributed by atoms with Gasteiger partial charge in [0.05, 0.1) is 11.8 Å². The Morgan fingerprint density at radius 2 is 2.03 bits per heavy atom. The molecule has 1 amide bonds. The summed E-state index contributed by atoms with van der Waals surface area (Å²) in [4.78, 5) is 23.5. The molecule has 1 saturated heterocycles. The molecule has 1 aliphatic carbocycles. The molecule has 2 aliphatic rings. The van der Waals surface area contributed by atoms with Crippen molar-refractivity contribution < 1.29 is 18.0 Å². The highest BCUT2D eigenvalue weighted by atomic mass is 32.1. The lowest BCUT2D eigenvalue weighted by Gasteiger charge is -2.25. The summed E-state index contributed by atoms with van der Waals surface area (Å²) in [5.74, 6) is 0.639. The van der Waals surface area contributed by atoms with Gasteiger partial charge in [0.25, 0.3) is 5.91 Å². The molecule has 1 saturated carbocycles. The third-order valence-corrected chi connectivity index (χ3v) is 7.96. The Morgan fingerprint density at radius 3 is 2.76 bits per heavy atom. The number of halogens is 3. The molecule has 2 atom stereocenters. The first-order valence-corrected chi connectivity index (χ1v) is 12.2. The van der Waals surface area contributed by atoms with Crippen LogP contribution in [0, 0.1) is 5.41 Å². The van der Waals surface area contributed by atoms with Crippen molar-refractivity contribution in [1.29, 1.82) is 0 Å². The first kappa shape index (κ1) is 22.9. The van der Waals surface area contributed by atoms with Crippen molar-refractivity contribution in [3.05, 3.63) is 47.1 Å². The highest BCUT2D eigenvalue weighted by Crippen LogP contribution is 2.48. The number of benzene rings is 1. The van der Waals surface area contributed by atoms with E-state index >= 15 is 0 Å². The lowest BCUT2D eigenvalue weighted by atomic mass is 9.85. The van der Waals surface area contributed by atoms with Gasteiger partial charge in [0.15, 0.2) is 0 Å². The van der Waals surface area contributed by atoms with E-state index in [2.05, 4.69) is 25.5 Å². The van der Waals surface area contributed by atoms with Crippen LogP contribution in [0.25, 0.3) is 10.2 Å². The number of fused-ring (bicyclic) bond motifs is 1. The highest BCUT2D eigenvalue weighted by Gasteiger charge is 2.44. The average Bonchev–Trinajstić information content (AvgIpc) is 3.51. The van der Waals surface area contributed by atoms with Crippen LogP contribution in [0.5, 0.6) is 0 Å². The van der Waals surface area contributed by atoms with Crippen LogP contribution in [0.4, 0.5) is 24.7 Å². The fourth-order valence-corrected chi connectivity index (χ4v) is 6.37. The van der Waals surface area contributed by atoms with E-state index in [0.717, 1.165) is 61.6 Å². The number of nitrogens with zero attached hydrogens (tertiary/aromatic N) is 3. The number of hydrogen-bond acceptors (Lipinski definition) is 6. The maximum atomic E-state index is 12.9. The lowest BCUT2D eigenvalue weighted by molar-refractivity contribution is -0.126. The van der Waals surface area contributed by atoms with E-state index in [-0.39, 0.29) is 16.2 Å². The molecule has 180 valence electrons. The van der Waals surface area contributed by atoms with E-state index in [9.17, 15) is 18.0 Å². The number of rotatable bonds is 5. The normalized spacial score (nSPS) is 22.6. The quantitative estimate of drug-likeness (QED) is 0.527. The van der Waals surface area contributed by atoms with Crippen molar-refractivity contribution in [2.45, 2.75) is 44.3 Å². The predicted molar refractivity (Wildman–Crippen MR) is 128 cm³/mol. The number of alkyl halides is 3. The minimum absolute atomic E-state index is 0.104. The van der Waals surface area contributed by atoms with Crippen LogP contribution >= 0.6 is 11.3 Å². The summed E-state index contributed by atoms with van der Waals surface area (Å²) in [7, 11) is 1.61. The maximum absolute atomic E-state index is 12.9. The molecule has 2 aromatic heterocycles. The van der Waals surface area contributed by atoms with E-state index in [4.69, 9.17) is 0 Å². The van der Waals surface area contributed by atoms with Gasteiger partial charge >= 0.3 is 6.18 Å². The number of carbonyl (C=O) groups excluding carboxylic acids is 1. The van der Waals surface area contributed by atoms with Crippen molar-refractivity contribution in [2.24, 2.45) is 5.41 Å². The summed E-state index contributed by atoms with van der Waals surface area (Å²) in [6.07, 6.45) is 0.490. The summed E-state index contributed by atoms with van der Waals surface area (Å²) in [5.41, 5.74) is 1.80. The standard InChI is InChI=1S/C24H26F3N5OS/c1-28-21(33)15-2-4-16(5-3-15)31-17-6-7-23(11-17)8-9-32(13-23)20-19-10-18(12-24(25,26)27)34-22(19)30-14-29-20/h2-5,10,14,17,31H,6-9,11-13H2,1H3,(H,28,33). The molecule has 0 bridgehead atoms. The molecule has 10 heteroatoms. The molecule has 34 heavy (non-hydrogen) atoms. The summed E-state index contributed by atoms with van der Waals surface area (Å²) in [6, 6.07) is 9.45. The topological polar surface area (TPSA) is 70.2 Å². The summed E-state index contributed by atoms with van der Waals surface area (Å²) < 4.78 is 38.6. The number of hydrogen-bond donors (Lipinski definition) is 2. The summed E-state index contributed by atoms with van der Waals surface area (Å²) >= 11 is 1.09. The van der Waals surface area contributed by atoms with Crippen LogP contribution in [0.1, 0.15) is 40.9 Å². The van der Waals surface area contributed by atoms with Crippen LogP contribution < -0.4 is 15.5 Å². The Morgan fingerprint density at radius 1 is 1.24 bits per heavy atom. The zero-order chi connectivity index (χ0) is 23.9. The van der Waals surface area contributed by atoms with Gasteiger partial charge in [-0.1, -0.05) is 0 Å². The van der Waals surface area contributed by atoms with Crippen molar-refractivity contribution in [3.63, 3.8) is 0 Å². The molecule has 3 aromatic rings. The minimum atomic E-state index is -4.24. The van der Waals surface area contributed by atoms with Gasteiger partial charge in [-0.15, -0.1) is 11.3 Å². The zero-order valence-electron chi connectivity index (χ0n) is 18.8. The largest absolute Gasteiger partial charge is 0.393 e. The first-order valence-electron chi connectivity index (χ1n) is 11.4. The Kier molecular flexibility index (Phi) is 5.87. The van der Waals surface area contributed by atoms with E-state index in [1.54, 1.807) is 13.1 Å². The van der Waals surface area contributed by atoms with Crippen molar-refractivity contribution in [2.75, 3.05) is 30.4 Å². The smallest absolute Gasteiger partial charge is 0.382 e. The number of anilines is 2. The second-order valence-electron chi connectivity index (χ2n) is 9.33. The Balaban J connectivity index is 1.26. The third-order valence-electron chi connectivity index (χ3n) is 6.92. The summed E-state index contributed by atoms with van der Waals surface area (Å²) in [6.45, 7) is 1.68.